The van der Waals surface area contributed by atoms with Gasteiger partial charge in [0.1, 0.15) is 0 Å². The molecule has 1 aromatic heterocycles. The van der Waals surface area contributed by atoms with Crippen LogP contribution in [0.2, 0.25) is 0 Å². The minimum atomic E-state index is 0.0297. The van der Waals surface area contributed by atoms with Crippen molar-refractivity contribution in [3.05, 3.63) is 20.8 Å². The summed E-state index contributed by atoms with van der Waals surface area (Å²) in [6.07, 6.45) is 3.14. The van der Waals surface area contributed by atoms with Gasteiger partial charge in [0.25, 0.3) is 0 Å². The molecule has 18 heavy (non-hydrogen) atoms. The molecule has 1 fully saturated rings. The molecule has 1 saturated heterocycles. The highest BCUT2D eigenvalue weighted by atomic mass is 79.9. The van der Waals surface area contributed by atoms with E-state index in [1.807, 2.05) is 11.0 Å². The van der Waals surface area contributed by atoms with Crippen molar-refractivity contribution in [1.82, 2.24) is 10.2 Å². The van der Waals surface area contributed by atoms with Gasteiger partial charge >= 0.3 is 0 Å². The fourth-order valence-electron chi connectivity index (χ4n) is 2.23. The summed E-state index contributed by atoms with van der Waals surface area (Å²) in [5, 5.41) is 3.34. The third-order valence-corrected chi connectivity index (χ3v) is 4.76. The zero-order chi connectivity index (χ0) is 13.0. The van der Waals surface area contributed by atoms with E-state index < -0.39 is 0 Å². The van der Waals surface area contributed by atoms with Gasteiger partial charge in [0.15, 0.2) is 0 Å². The molecule has 1 aromatic rings. The maximum atomic E-state index is 12.3. The number of thiophene rings is 1. The molecule has 1 unspecified atom stereocenters. The van der Waals surface area contributed by atoms with E-state index in [0.29, 0.717) is 0 Å². The second-order valence-corrected chi connectivity index (χ2v) is 7.16. The highest BCUT2D eigenvalue weighted by Gasteiger charge is 2.28. The van der Waals surface area contributed by atoms with Gasteiger partial charge in [-0.15, -0.1) is 11.3 Å². The number of likely N-dealkylation sites (tertiary alicyclic amines) is 1. The van der Waals surface area contributed by atoms with Crippen molar-refractivity contribution < 1.29 is 4.79 Å². The molecule has 0 aliphatic carbocycles. The molecule has 2 heterocycles. The average molecular weight is 331 g/mol. The van der Waals surface area contributed by atoms with Gasteiger partial charge in [-0.05, 0) is 53.9 Å². The van der Waals surface area contributed by atoms with Gasteiger partial charge in [-0.3, -0.25) is 4.79 Å². The molecular formula is C13H19BrN2OS. The predicted molar refractivity (Wildman–Crippen MR) is 78.8 cm³/mol. The first kappa shape index (κ1) is 14.0. The molecule has 0 aromatic carbocycles. The van der Waals surface area contributed by atoms with Crippen LogP contribution in [0.1, 0.15) is 31.1 Å². The molecule has 1 atom stereocenters. The summed E-state index contributed by atoms with van der Waals surface area (Å²) in [6.45, 7) is 4.69. The van der Waals surface area contributed by atoms with Crippen molar-refractivity contribution in [3.8, 4) is 0 Å². The number of piperidine rings is 1. The van der Waals surface area contributed by atoms with Crippen molar-refractivity contribution in [3.63, 3.8) is 0 Å². The largest absolute Gasteiger partial charge is 0.336 e. The molecule has 1 aliphatic heterocycles. The average Bonchev–Trinajstić information content (AvgIpc) is 2.76. The molecule has 0 bridgehead atoms. The zero-order valence-corrected chi connectivity index (χ0v) is 13.0. The fourth-order valence-corrected chi connectivity index (χ4v) is 3.73. The molecule has 3 nitrogen and oxygen atoms in total. The van der Waals surface area contributed by atoms with Gasteiger partial charge < -0.3 is 10.2 Å². The Morgan fingerprint density at radius 2 is 2.39 bits per heavy atom. The Morgan fingerprint density at radius 1 is 1.56 bits per heavy atom. The second-order valence-electron chi connectivity index (χ2n) is 4.61. The third kappa shape index (κ3) is 3.56. The standard InChI is InChI=1S/C13H19BrN2OS/c1-2-7-15-11-4-3-8-16(13(11)17)9-10-5-6-12(14)18-10/h5-6,11,15H,2-4,7-9H2,1H3. The van der Waals surface area contributed by atoms with E-state index in [0.717, 1.165) is 42.7 Å². The van der Waals surface area contributed by atoms with Crippen molar-refractivity contribution in [2.24, 2.45) is 0 Å². The molecule has 0 saturated carbocycles. The van der Waals surface area contributed by atoms with Crippen LogP contribution in [0, 0.1) is 0 Å². The minimum Gasteiger partial charge on any atom is -0.336 e. The summed E-state index contributed by atoms with van der Waals surface area (Å²) in [5.41, 5.74) is 0. The highest BCUT2D eigenvalue weighted by molar-refractivity contribution is 9.11. The van der Waals surface area contributed by atoms with Crippen LogP contribution in [-0.2, 0) is 11.3 Å². The Labute approximate surface area is 121 Å². The number of carbonyl (C=O) groups excluding carboxylic acids is 1. The van der Waals surface area contributed by atoms with Crippen LogP contribution in [0.15, 0.2) is 15.9 Å². The number of hydrogen-bond donors (Lipinski definition) is 1. The lowest BCUT2D eigenvalue weighted by Crippen LogP contribution is -2.50. The molecule has 0 spiro atoms. The molecule has 5 heteroatoms. The molecule has 2 rings (SSSR count). The Hall–Kier alpha value is -0.390. The summed E-state index contributed by atoms with van der Waals surface area (Å²) in [4.78, 5) is 15.5. The van der Waals surface area contributed by atoms with Gasteiger partial charge in [-0.25, -0.2) is 0 Å². The number of nitrogens with zero attached hydrogens (tertiary/aromatic N) is 1. The van der Waals surface area contributed by atoms with Gasteiger partial charge in [-0.2, -0.15) is 0 Å². The number of halogens is 1. The van der Waals surface area contributed by atoms with E-state index in [1.165, 1.54) is 4.88 Å². The number of carbonyl (C=O) groups is 1. The molecule has 0 radical (unpaired) electrons. The topological polar surface area (TPSA) is 32.3 Å². The van der Waals surface area contributed by atoms with Crippen molar-refractivity contribution in [2.45, 2.75) is 38.8 Å². The normalized spacial score (nSPS) is 20.4. The van der Waals surface area contributed by atoms with Crippen LogP contribution in [0.4, 0.5) is 0 Å². The Balaban J connectivity index is 1.93. The van der Waals surface area contributed by atoms with Crippen LogP contribution in [0.3, 0.4) is 0 Å². The summed E-state index contributed by atoms with van der Waals surface area (Å²) in [5.74, 6) is 0.263. The minimum absolute atomic E-state index is 0.0297. The molecule has 1 aliphatic rings. The first-order chi connectivity index (χ1) is 8.70. The number of rotatable bonds is 5. The van der Waals surface area contributed by atoms with Crippen LogP contribution in [0.5, 0.6) is 0 Å². The number of hydrogen-bond acceptors (Lipinski definition) is 3. The van der Waals surface area contributed by atoms with Gasteiger partial charge in [0.05, 0.1) is 16.4 Å². The molecule has 100 valence electrons. The molecule has 1 amide bonds. The SMILES string of the molecule is CCCNC1CCCN(Cc2ccc(Br)s2)C1=O. The fraction of sp³-hybridized carbons (Fsp3) is 0.615. The first-order valence-electron chi connectivity index (χ1n) is 6.47. The van der Waals surface area contributed by atoms with E-state index in [-0.39, 0.29) is 11.9 Å². The summed E-state index contributed by atoms with van der Waals surface area (Å²) in [7, 11) is 0. The van der Waals surface area contributed by atoms with E-state index in [9.17, 15) is 4.79 Å². The van der Waals surface area contributed by atoms with E-state index in [1.54, 1.807) is 11.3 Å². The van der Waals surface area contributed by atoms with Crippen molar-refractivity contribution >= 4 is 33.2 Å². The quantitative estimate of drug-likeness (QED) is 0.900. The maximum absolute atomic E-state index is 12.3. The van der Waals surface area contributed by atoms with Gasteiger partial charge in [0, 0.05) is 11.4 Å². The van der Waals surface area contributed by atoms with Crippen LogP contribution in [-0.4, -0.2) is 29.9 Å². The van der Waals surface area contributed by atoms with Crippen molar-refractivity contribution in [2.75, 3.05) is 13.1 Å². The zero-order valence-electron chi connectivity index (χ0n) is 10.6. The maximum Gasteiger partial charge on any atom is 0.240 e. The van der Waals surface area contributed by atoms with E-state index in [4.69, 9.17) is 0 Å². The smallest absolute Gasteiger partial charge is 0.240 e. The lowest BCUT2D eigenvalue weighted by atomic mass is 10.0. The Bertz CT molecular complexity index is 407. The summed E-state index contributed by atoms with van der Waals surface area (Å²) < 4.78 is 1.13. The predicted octanol–water partition coefficient (Wildman–Crippen LogP) is 3.00. The summed E-state index contributed by atoms with van der Waals surface area (Å²) >= 11 is 5.17. The Morgan fingerprint density at radius 3 is 3.06 bits per heavy atom. The van der Waals surface area contributed by atoms with E-state index in [2.05, 4.69) is 34.2 Å². The lowest BCUT2D eigenvalue weighted by molar-refractivity contribution is -0.136. The van der Waals surface area contributed by atoms with Crippen LogP contribution < -0.4 is 5.32 Å². The number of amides is 1. The monoisotopic (exact) mass is 330 g/mol. The van der Waals surface area contributed by atoms with Crippen LogP contribution in [0.25, 0.3) is 0 Å². The second kappa shape index (κ2) is 6.68. The van der Waals surface area contributed by atoms with Gasteiger partial charge in [-0.1, -0.05) is 6.92 Å². The third-order valence-electron chi connectivity index (χ3n) is 3.15. The first-order valence-corrected chi connectivity index (χ1v) is 8.08. The lowest BCUT2D eigenvalue weighted by Gasteiger charge is -2.32. The van der Waals surface area contributed by atoms with Crippen LogP contribution >= 0.6 is 27.3 Å². The molecule has 1 N–H and O–H groups in total. The Kier molecular flexibility index (Phi) is 5.21. The highest BCUT2D eigenvalue weighted by Crippen LogP contribution is 2.24. The summed E-state index contributed by atoms with van der Waals surface area (Å²) in [6, 6.07) is 4.16. The molecular weight excluding hydrogens is 312 g/mol. The van der Waals surface area contributed by atoms with Crippen molar-refractivity contribution in [1.29, 1.82) is 0 Å². The van der Waals surface area contributed by atoms with Gasteiger partial charge in [0.2, 0.25) is 5.91 Å². The number of nitrogens with one attached hydrogen (secondary N) is 1. The van der Waals surface area contributed by atoms with E-state index >= 15 is 0 Å².